The maximum atomic E-state index is 12.3. The molecule has 0 aliphatic heterocycles. The van der Waals surface area contributed by atoms with Gasteiger partial charge in [-0.1, -0.05) is 24.3 Å². The molecule has 10 nitrogen and oxygen atoms in total. The monoisotopic (exact) mass is 415 g/mol. The van der Waals surface area contributed by atoms with E-state index in [2.05, 4.69) is 10.6 Å². The highest BCUT2D eigenvalue weighted by Crippen LogP contribution is 2.22. The van der Waals surface area contributed by atoms with Gasteiger partial charge in [0.05, 0.1) is 12.1 Å². The first-order valence-corrected chi connectivity index (χ1v) is 9.16. The van der Waals surface area contributed by atoms with Gasteiger partial charge in [0, 0.05) is 17.8 Å². The van der Waals surface area contributed by atoms with Gasteiger partial charge in [-0.05, 0) is 42.3 Å². The number of nitrogens with one attached hydrogen (secondary N) is 3. The molecule has 0 heterocycles. The molecule has 3 amide bonds. The van der Waals surface area contributed by atoms with Gasteiger partial charge in [-0.2, -0.15) is 0 Å². The molecule has 0 saturated carbocycles. The second kappa shape index (κ2) is 10.5. The highest BCUT2D eigenvalue weighted by atomic mass is 16.5. The molecule has 0 spiro atoms. The lowest BCUT2D eigenvalue weighted by molar-refractivity contribution is -0.133. The Labute approximate surface area is 173 Å². The number of hydrogen-bond donors (Lipinski definition) is 7. The molecular formula is C20H25N5O5. The van der Waals surface area contributed by atoms with Crippen LogP contribution in [-0.4, -0.2) is 52.8 Å². The first kappa shape index (κ1) is 23.0. The van der Waals surface area contributed by atoms with E-state index >= 15 is 0 Å². The Balaban J connectivity index is 2.07. The van der Waals surface area contributed by atoms with Gasteiger partial charge < -0.3 is 27.2 Å². The van der Waals surface area contributed by atoms with Gasteiger partial charge in [0.1, 0.15) is 6.04 Å². The van der Waals surface area contributed by atoms with Crippen LogP contribution in [0.5, 0.6) is 0 Å². The molecule has 160 valence electrons. The molecule has 0 unspecified atom stereocenters. The molecule has 30 heavy (non-hydrogen) atoms. The Morgan fingerprint density at radius 2 is 1.50 bits per heavy atom. The van der Waals surface area contributed by atoms with Crippen molar-refractivity contribution in [3.8, 4) is 11.1 Å². The summed E-state index contributed by atoms with van der Waals surface area (Å²) in [5, 5.41) is 23.3. The first-order valence-electron chi connectivity index (χ1n) is 9.16. The zero-order valence-corrected chi connectivity index (χ0v) is 16.3. The van der Waals surface area contributed by atoms with Crippen LogP contribution in [0, 0.1) is 0 Å². The van der Waals surface area contributed by atoms with Crippen LogP contribution in [0.4, 0.5) is 5.69 Å². The molecule has 0 aromatic heterocycles. The van der Waals surface area contributed by atoms with E-state index in [4.69, 9.17) is 16.7 Å². The van der Waals surface area contributed by atoms with Crippen molar-refractivity contribution >= 4 is 23.4 Å². The zero-order valence-electron chi connectivity index (χ0n) is 16.3. The van der Waals surface area contributed by atoms with E-state index < -0.39 is 30.0 Å². The minimum Gasteiger partial charge on any atom is -0.391 e. The third kappa shape index (κ3) is 5.84. The van der Waals surface area contributed by atoms with Crippen LogP contribution in [-0.2, 0) is 9.59 Å². The minimum atomic E-state index is -1.29. The number of carbonyl (C=O) groups is 3. The van der Waals surface area contributed by atoms with Gasteiger partial charge in [-0.3, -0.25) is 19.6 Å². The van der Waals surface area contributed by atoms with Crippen molar-refractivity contribution in [1.29, 1.82) is 0 Å². The molecule has 3 atom stereocenters. The van der Waals surface area contributed by atoms with E-state index in [1.165, 1.54) is 12.4 Å². The number of rotatable bonds is 8. The number of amides is 3. The number of aliphatic hydroxyl groups is 1. The zero-order chi connectivity index (χ0) is 22.3. The Hall–Kier alpha value is -3.31. The molecular weight excluding hydrogens is 390 g/mol. The van der Waals surface area contributed by atoms with E-state index in [0.29, 0.717) is 5.69 Å². The molecule has 9 N–H and O–H groups in total. The van der Waals surface area contributed by atoms with Crippen molar-refractivity contribution in [2.24, 2.45) is 11.5 Å². The molecule has 2 aromatic rings. The second-order valence-corrected chi connectivity index (χ2v) is 6.65. The first-order chi connectivity index (χ1) is 14.3. The molecule has 0 fully saturated rings. The van der Waals surface area contributed by atoms with Crippen LogP contribution in [0.3, 0.4) is 0 Å². The SMILES string of the molecule is C[C@@H](O)[C@H](NC(=O)c1ccc(-c2ccc(NC(=O)[C@@H](N)CN)cc2)cc1)C(=O)NO. The van der Waals surface area contributed by atoms with Crippen LogP contribution in [0.2, 0.25) is 0 Å². The molecule has 0 bridgehead atoms. The summed E-state index contributed by atoms with van der Waals surface area (Å²) in [6.07, 6.45) is -1.20. The lowest BCUT2D eigenvalue weighted by atomic mass is 10.0. The molecule has 2 rings (SSSR count). The largest absolute Gasteiger partial charge is 0.391 e. The standard InChI is InChI=1S/C20H25N5O5/c1-11(26)17(20(29)25-30)24-18(27)14-4-2-12(3-5-14)13-6-8-15(9-7-13)23-19(28)16(22)10-21/h2-9,11,16-17,26,30H,10,21-22H2,1H3,(H,23,28)(H,24,27)(H,25,29)/t11-,16+,17+/m1/s1. The van der Waals surface area contributed by atoms with E-state index in [-0.39, 0.29) is 18.0 Å². The summed E-state index contributed by atoms with van der Waals surface area (Å²) in [6, 6.07) is 11.5. The summed E-state index contributed by atoms with van der Waals surface area (Å²) in [5.74, 6) is -1.87. The van der Waals surface area contributed by atoms with E-state index in [9.17, 15) is 19.5 Å². The van der Waals surface area contributed by atoms with Gasteiger partial charge in [0.25, 0.3) is 11.8 Å². The van der Waals surface area contributed by atoms with Crippen molar-refractivity contribution < 1.29 is 24.7 Å². The molecule has 0 radical (unpaired) electrons. The highest BCUT2D eigenvalue weighted by Gasteiger charge is 2.25. The topological polar surface area (TPSA) is 180 Å². The van der Waals surface area contributed by atoms with Crippen molar-refractivity contribution in [1.82, 2.24) is 10.8 Å². The fourth-order valence-electron chi connectivity index (χ4n) is 2.60. The van der Waals surface area contributed by atoms with Crippen LogP contribution >= 0.6 is 0 Å². The minimum absolute atomic E-state index is 0.0481. The Morgan fingerprint density at radius 3 is 1.97 bits per heavy atom. The quantitative estimate of drug-likeness (QED) is 0.225. The van der Waals surface area contributed by atoms with Crippen molar-refractivity contribution in [2.75, 3.05) is 11.9 Å². The number of anilines is 1. The smallest absolute Gasteiger partial charge is 0.268 e. The van der Waals surface area contributed by atoms with Gasteiger partial charge in [-0.25, -0.2) is 5.48 Å². The van der Waals surface area contributed by atoms with E-state index in [1.54, 1.807) is 48.5 Å². The fourth-order valence-corrected chi connectivity index (χ4v) is 2.60. The Bertz CT molecular complexity index is 883. The summed E-state index contributed by atoms with van der Waals surface area (Å²) in [7, 11) is 0. The summed E-state index contributed by atoms with van der Waals surface area (Å²) in [4.78, 5) is 35.6. The van der Waals surface area contributed by atoms with E-state index in [1.807, 2.05) is 0 Å². The predicted octanol–water partition coefficient (Wildman–Crippen LogP) is -0.437. The summed E-state index contributed by atoms with van der Waals surface area (Å²) in [6.45, 7) is 1.37. The highest BCUT2D eigenvalue weighted by molar-refractivity contribution is 5.98. The summed E-state index contributed by atoms with van der Waals surface area (Å²) in [5.41, 5.74) is 14.9. The molecule has 0 saturated heterocycles. The maximum Gasteiger partial charge on any atom is 0.268 e. The number of hydroxylamine groups is 1. The Kier molecular flexibility index (Phi) is 8.01. The van der Waals surface area contributed by atoms with Crippen molar-refractivity contribution in [3.05, 3.63) is 54.1 Å². The van der Waals surface area contributed by atoms with Gasteiger partial charge >= 0.3 is 0 Å². The predicted molar refractivity (Wildman–Crippen MR) is 110 cm³/mol. The number of hydrogen-bond acceptors (Lipinski definition) is 7. The molecule has 0 aliphatic carbocycles. The van der Waals surface area contributed by atoms with Crippen LogP contribution in [0.25, 0.3) is 11.1 Å². The van der Waals surface area contributed by atoms with Gasteiger partial charge in [0.2, 0.25) is 5.91 Å². The lowest BCUT2D eigenvalue weighted by Crippen LogP contribution is -2.51. The number of aliphatic hydroxyl groups excluding tert-OH is 1. The molecule has 10 heteroatoms. The second-order valence-electron chi connectivity index (χ2n) is 6.65. The third-order valence-corrected chi connectivity index (χ3v) is 4.39. The third-order valence-electron chi connectivity index (χ3n) is 4.39. The fraction of sp³-hybridized carbons (Fsp3) is 0.250. The lowest BCUT2D eigenvalue weighted by Gasteiger charge is -2.19. The van der Waals surface area contributed by atoms with Gasteiger partial charge in [-0.15, -0.1) is 0 Å². The van der Waals surface area contributed by atoms with Crippen LogP contribution < -0.4 is 27.6 Å². The number of nitrogens with two attached hydrogens (primary N) is 2. The number of benzene rings is 2. The van der Waals surface area contributed by atoms with Crippen molar-refractivity contribution in [2.45, 2.75) is 25.1 Å². The van der Waals surface area contributed by atoms with Gasteiger partial charge in [0.15, 0.2) is 0 Å². The average Bonchev–Trinajstić information content (AvgIpc) is 2.76. The maximum absolute atomic E-state index is 12.3. The van der Waals surface area contributed by atoms with E-state index in [0.717, 1.165) is 11.1 Å². The van der Waals surface area contributed by atoms with Crippen LogP contribution in [0.1, 0.15) is 17.3 Å². The Morgan fingerprint density at radius 1 is 0.967 bits per heavy atom. The molecule has 2 aromatic carbocycles. The van der Waals surface area contributed by atoms with Crippen LogP contribution in [0.15, 0.2) is 48.5 Å². The molecule has 0 aliphatic rings. The summed E-state index contributed by atoms with van der Waals surface area (Å²) < 4.78 is 0. The normalized spacial score (nSPS) is 13.6. The average molecular weight is 415 g/mol. The van der Waals surface area contributed by atoms with Crippen molar-refractivity contribution in [3.63, 3.8) is 0 Å². The number of carbonyl (C=O) groups excluding carboxylic acids is 3. The summed E-state index contributed by atoms with van der Waals surface area (Å²) >= 11 is 0.